The van der Waals surface area contributed by atoms with Crippen LogP contribution in [0.1, 0.15) is 15.9 Å². The van der Waals surface area contributed by atoms with Gasteiger partial charge < -0.3 is 20.4 Å². The van der Waals surface area contributed by atoms with Crippen LogP contribution in [0.4, 0.5) is 30.4 Å². The van der Waals surface area contributed by atoms with Gasteiger partial charge in [-0.1, -0.05) is 6.07 Å². The van der Waals surface area contributed by atoms with Gasteiger partial charge in [0.2, 0.25) is 0 Å². The lowest BCUT2D eigenvalue weighted by molar-refractivity contribution is -0.137. The molecule has 0 radical (unpaired) electrons. The Hall–Kier alpha value is -5.00. The second-order valence-corrected chi connectivity index (χ2v) is 7.80. The Morgan fingerprint density at radius 1 is 1.00 bits per heavy atom. The van der Waals surface area contributed by atoms with E-state index in [2.05, 4.69) is 35.6 Å². The molecule has 0 spiro atoms. The van der Waals surface area contributed by atoms with Crippen LogP contribution in [0.25, 0.3) is 22.4 Å². The Morgan fingerprint density at radius 3 is 2.68 bits per heavy atom. The number of hydrogen-bond donors (Lipinski definition) is 3. The Bertz CT molecular complexity index is 1600. The average Bonchev–Trinajstić information content (AvgIpc) is 3.38. The predicted molar refractivity (Wildman–Crippen MR) is 131 cm³/mol. The minimum atomic E-state index is -4.56. The molecule has 0 unspecified atom stereocenters. The van der Waals surface area contributed by atoms with E-state index < -0.39 is 17.6 Å². The number of H-pyrrole nitrogens is 1. The van der Waals surface area contributed by atoms with E-state index in [4.69, 9.17) is 4.74 Å². The summed E-state index contributed by atoms with van der Waals surface area (Å²) >= 11 is 0. The maximum Gasteiger partial charge on any atom is 0.416 e. The van der Waals surface area contributed by atoms with Gasteiger partial charge in [0, 0.05) is 23.0 Å². The summed E-state index contributed by atoms with van der Waals surface area (Å²) in [5.74, 6) is 0.197. The molecule has 12 heteroatoms. The number of amides is 1. The summed E-state index contributed by atoms with van der Waals surface area (Å²) in [6.07, 6.45) is -0.0338. The summed E-state index contributed by atoms with van der Waals surface area (Å²) in [4.78, 5) is 32.8. The average molecular weight is 505 g/mol. The fourth-order valence-electron chi connectivity index (χ4n) is 3.72. The van der Waals surface area contributed by atoms with Gasteiger partial charge in [0.15, 0.2) is 5.65 Å². The van der Waals surface area contributed by atoms with Crippen LogP contribution in [-0.4, -0.2) is 37.9 Å². The Morgan fingerprint density at radius 2 is 1.86 bits per heavy atom. The van der Waals surface area contributed by atoms with Crippen molar-refractivity contribution >= 4 is 34.3 Å². The van der Waals surface area contributed by atoms with E-state index in [1.165, 1.54) is 31.9 Å². The summed E-state index contributed by atoms with van der Waals surface area (Å²) < 4.78 is 44.6. The zero-order chi connectivity index (χ0) is 26.0. The van der Waals surface area contributed by atoms with Crippen molar-refractivity contribution in [1.82, 2.24) is 24.9 Å². The summed E-state index contributed by atoms with van der Waals surface area (Å²) in [5, 5.41) is 5.82. The molecule has 0 saturated carbocycles. The van der Waals surface area contributed by atoms with Crippen LogP contribution in [0.3, 0.4) is 0 Å². The van der Waals surface area contributed by atoms with Crippen molar-refractivity contribution < 1.29 is 22.7 Å². The van der Waals surface area contributed by atoms with Crippen LogP contribution in [0, 0.1) is 0 Å². The van der Waals surface area contributed by atoms with Gasteiger partial charge in [-0.2, -0.15) is 13.2 Å². The van der Waals surface area contributed by atoms with Gasteiger partial charge in [0.05, 0.1) is 24.7 Å². The molecule has 9 nitrogen and oxygen atoms in total. The highest BCUT2D eigenvalue weighted by Crippen LogP contribution is 2.35. The first-order valence-corrected chi connectivity index (χ1v) is 10.9. The normalized spacial score (nSPS) is 11.4. The molecule has 0 fully saturated rings. The lowest BCUT2D eigenvalue weighted by atomic mass is 10.1. The first kappa shape index (κ1) is 23.7. The Labute approximate surface area is 207 Å². The number of fused-ring (bicyclic) bond motifs is 1. The van der Waals surface area contributed by atoms with E-state index in [1.807, 2.05) is 6.07 Å². The number of ether oxygens (including phenoxy) is 1. The quantitative estimate of drug-likeness (QED) is 0.281. The maximum atomic E-state index is 13.1. The largest absolute Gasteiger partial charge is 0.495 e. The van der Waals surface area contributed by atoms with Crippen molar-refractivity contribution in [3.63, 3.8) is 0 Å². The molecule has 3 N–H and O–H groups in total. The van der Waals surface area contributed by atoms with Gasteiger partial charge in [0.25, 0.3) is 5.91 Å². The lowest BCUT2D eigenvalue weighted by Gasteiger charge is -2.15. The molecule has 0 saturated heterocycles. The second kappa shape index (κ2) is 9.57. The number of anilines is 3. The molecule has 5 aromatic rings. The molecule has 0 aliphatic heterocycles. The number of methoxy groups -OCH3 is 1. The van der Waals surface area contributed by atoms with Crippen LogP contribution < -0.4 is 15.4 Å². The monoisotopic (exact) mass is 505 g/mol. The standard InChI is InChI=1S/C25H18F3N7O2/c1-37-19-8-7-16(34-24(36)14-4-2-5-15(10-14)25(26,27)28)11-18(19)35-22-17(6-3-9-29-22)20-21-23(32-12-30-20)33-13-31-21/h2-13H,1H3,(H,29,35)(H,34,36)(H,30,31,32,33). The van der Waals surface area contributed by atoms with Gasteiger partial charge in [0.1, 0.15) is 29.1 Å². The number of aromatic nitrogens is 5. The number of aromatic amines is 1. The Kier molecular flexibility index (Phi) is 6.14. The van der Waals surface area contributed by atoms with Gasteiger partial charge in [-0.3, -0.25) is 4.79 Å². The van der Waals surface area contributed by atoms with Crippen LogP contribution in [0.5, 0.6) is 5.75 Å². The van der Waals surface area contributed by atoms with Crippen LogP contribution in [-0.2, 0) is 6.18 Å². The molecule has 1 amide bonds. The fraction of sp³-hybridized carbons (Fsp3) is 0.0800. The third kappa shape index (κ3) is 4.89. The first-order valence-electron chi connectivity index (χ1n) is 10.9. The van der Waals surface area contributed by atoms with E-state index in [0.717, 1.165) is 12.1 Å². The third-order valence-electron chi connectivity index (χ3n) is 5.45. The second-order valence-electron chi connectivity index (χ2n) is 7.80. The van der Waals surface area contributed by atoms with Crippen molar-refractivity contribution in [3.05, 3.63) is 84.6 Å². The van der Waals surface area contributed by atoms with E-state index in [-0.39, 0.29) is 5.56 Å². The van der Waals surface area contributed by atoms with Crippen LogP contribution in [0.15, 0.2) is 73.4 Å². The molecule has 5 rings (SSSR count). The molecule has 3 aromatic heterocycles. The number of imidazole rings is 1. The highest BCUT2D eigenvalue weighted by molar-refractivity contribution is 6.04. The zero-order valence-electron chi connectivity index (χ0n) is 19.2. The van der Waals surface area contributed by atoms with E-state index in [9.17, 15) is 18.0 Å². The smallest absolute Gasteiger partial charge is 0.416 e. The summed E-state index contributed by atoms with van der Waals surface area (Å²) in [5.41, 5.74) is 2.12. The van der Waals surface area contributed by atoms with E-state index in [0.29, 0.717) is 45.4 Å². The predicted octanol–water partition coefficient (Wildman–Crippen LogP) is 5.44. The van der Waals surface area contributed by atoms with Crippen LogP contribution >= 0.6 is 0 Å². The third-order valence-corrected chi connectivity index (χ3v) is 5.45. The number of halogens is 3. The molecule has 0 atom stereocenters. The SMILES string of the molecule is COc1ccc(NC(=O)c2cccc(C(F)(F)F)c2)cc1Nc1ncccc1-c1ncnc2nc[nH]c12. The molecule has 0 bridgehead atoms. The van der Waals surface area contributed by atoms with Gasteiger partial charge in [-0.05, 0) is 48.5 Å². The summed E-state index contributed by atoms with van der Waals surface area (Å²) in [6.45, 7) is 0. The van der Waals surface area contributed by atoms with Crippen molar-refractivity contribution in [1.29, 1.82) is 0 Å². The summed E-state index contributed by atoms with van der Waals surface area (Å²) in [6, 6.07) is 12.6. The van der Waals surface area contributed by atoms with E-state index in [1.54, 1.807) is 30.5 Å². The molecular formula is C25H18F3N7O2. The highest BCUT2D eigenvalue weighted by Gasteiger charge is 2.31. The zero-order valence-corrected chi connectivity index (χ0v) is 19.2. The first-order chi connectivity index (χ1) is 17.8. The number of pyridine rings is 1. The minimum Gasteiger partial charge on any atom is -0.495 e. The number of carbonyl (C=O) groups excluding carboxylic acids is 1. The number of nitrogens with one attached hydrogen (secondary N) is 3. The number of hydrogen-bond acceptors (Lipinski definition) is 7. The molecule has 0 aliphatic carbocycles. The van der Waals surface area contributed by atoms with Gasteiger partial charge in [-0.15, -0.1) is 0 Å². The van der Waals surface area contributed by atoms with Crippen molar-refractivity contribution in [2.75, 3.05) is 17.7 Å². The molecule has 186 valence electrons. The fourth-order valence-corrected chi connectivity index (χ4v) is 3.72. The number of alkyl halides is 3. The number of benzene rings is 2. The molecule has 3 heterocycles. The van der Waals surface area contributed by atoms with Crippen molar-refractivity contribution in [2.24, 2.45) is 0 Å². The van der Waals surface area contributed by atoms with E-state index >= 15 is 0 Å². The summed E-state index contributed by atoms with van der Waals surface area (Å²) in [7, 11) is 1.49. The maximum absolute atomic E-state index is 13.1. The molecule has 37 heavy (non-hydrogen) atoms. The molecule has 0 aliphatic rings. The van der Waals surface area contributed by atoms with Gasteiger partial charge >= 0.3 is 6.18 Å². The number of rotatable bonds is 6. The molecule has 2 aromatic carbocycles. The van der Waals surface area contributed by atoms with Gasteiger partial charge in [-0.25, -0.2) is 19.9 Å². The van der Waals surface area contributed by atoms with Crippen molar-refractivity contribution in [2.45, 2.75) is 6.18 Å². The van der Waals surface area contributed by atoms with Crippen LogP contribution in [0.2, 0.25) is 0 Å². The number of carbonyl (C=O) groups is 1. The topological polar surface area (TPSA) is 118 Å². The lowest BCUT2D eigenvalue weighted by Crippen LogP contribution is -2.14. The number of nitrogens with zero attached hydrogens (tertiary/aromatic N) is 4. The molecular weight excluding hydrogens is 487 g/mol. The highest BCUT2D eigenvalue weighted by atomic mass is 19.4. The Balaban J connectivity index is 1.46. The van der Waals surface area contributed by atoms with Crippen molar-refractivity contribution in [3.8, 4) is 17.0 Å². The minimum absolute atomic E-state index is 0.125.